The Morgan fingerprint density at radius 2 is 1.53 bits per heavy atom. The van der Waals surface area contributed by atoms with Gasteiger partial charge in [0.25, 0.3) is 11.5 Å². The van der Waals surface area contributed by atoms with Crippen molar-refractivity contribution in [3.8, 4) is 0 Å². The lowest BCUT2D eigenvalue weighted by molar-refractivity contribution is -0.114. The molecule has 0 saturated heterocycles. The molecule has 168 valence electrons. The molecular weight excluding hydrogens is 430 g/mol. The van der Waals surface area contributed by atoms with Crippen LogP contribution >= 0.6 is 0 Å². The van der Waals surface area contributed by atoms with Gasteiger partial charge in [0.05, 0.1) is 12.1 Å². The molecule has 2 aromatic carbocycles. The summed E-state index contributed by atoms with van der Waals surface area (Å²) in [6.45, 7) is 1.77. The van der Waals surface area contributed by atoms with Crippen LogP contribution in [0.5, 0.6) is 0 Å². The molecule has 2 N–H and O–H groups in total. The molecule has 5 aromatic rings. The van der Waals surface area contributed by atoms with Crippen molar-refractivity contribution in [1.29, 1.82) is 0 Å². The summed E-state index contributed by atoms with van der Waals surface area (Å²) in [6.07, 6.45) is 3.52. The van der Waals surface area contributed by atoms with Gasteiger partial charge in [0.15, 0.2) is 5.65 Å². The van der Waals surface area contributed by atoms with Crippen LogP contribution in [-0.2, 0) is 11.3 Å². The smallest absolute Gasteiger partial charge is 0.276 e. The highest BCUT2D eigenvalue weighted by atomic mass is 16.2. The maximum atomic E-state index is 13.1. The second kappa shape index (κ2) is 8.67. The van der Waals surface area contributed by atoms with Crippen molar-refractivity contribution in [3.63, 3.8) is 0 Å². The Bertz CT molecular complexity index is 1580. The Labute approximate surface area is 194 Å². The molecule has 8 heteroatoms. The van der Waals surface area contributed by atoms with Crippen molar-refractivity contribution in [2.24, 2.45) is 0 Å². The van der Waals surface area contributed by atoms with Crippen LogP contribution in [0, 0.1) is 0 Å². The van der Waals surface area contributed by atoms with Gasteiger partial charge in [-0.1, -0.05) is 12.1 Å². The van der Waals surface area contributed by atoms with E-state index in [4.69, 9.17) is 0 Å². The molecule has 0 aliphatic carbocycles. The standard InChI is InChI=1S/C26H21N5O3/c1-17(32)28-20-10-12-21(13-11-20)29-25(33)19-8-6-18(7-9-19)16-31-24-22(4-2-14-27-24)30-15-3-5-23(30)26(31)34/h2-15H,16H2,1H3,(H,28,32)(H,29,33). The topological polar surface area (TPSA) is 97.5 Å². The van der Waals surface area contributed by atoms with E-state index in [9.17, 15) is 14.4 Å². The summed E-state index contributed by atoms with van der Waals surface area (Å²) in [5.41, 5.74) is 4.55. The van der Waals surface area contributed by atoms with Gasteiger partial charge < -0.3 is 15.0 Å². The van der Waals surface area contributed by atoms with Gasteiger partial charge in [0, 0.05) is 36.3 Å². The number of carbonyl (C=O) groups is 2. The molecule has 0 saturated carbocycles. The second-order valence-electron chi connectivity index (χ2n) is 7.91. The lowest BCUT2D eigenvalue weighted by atomic mass is 10.1. The molecule has 0 spiro atoms. The predicted octanol–water partition coefficient (Wildman–Crippen LogP) is 3.91. The highest BCUT2D eigenvalue weighted by molar-refractivity contribution is 6.04. The average molecular weight is 451 g/mol. The quantitative estimate of drug-likeness (QED) is 0.423. The molecule has 0 unspecified atom stereocenters. The van der Waals surface area contributed by atoms with Crippen LogP contribution in [0.4, 0.5) is 11.4 Å². The Kier molecular flexibility index (Phi) is 5.39. The zero-order valence-corrected chi connectivity index (χ0v) is 18.4. The largest absolute Gasteiger partial charge is 0.326 e. The molecule has 3 heterocycles. The lowest BCUT2D eigenvalue weighted by Gasteiger charge is -2.12. The second-order valence-corrected chi connectivity index (χ2v) is 7.91. The number of benzene rings is 2. The molecular formula is C26H21N5O3. The van der Waals surface area contributed by atoms with E-state index in [1.807, 2.05) is 40.9 Å². The number of hydrogen-bond acceptors (Lipinski definition) is 4. The minimum Gasteiger partial charge on any atom is -0.326 e. The van der Waals surface area contributed by atoms with E-state index >= 15 is 0 Å². The molecule has 0 bridgehead atoms. The summed E-state index contributed by atoms with van der Waals surface area (Å²) in [5, 5.41) is 5.52. The van der Waals surface area contributed by atoms with E-state index in [0.717, 1.165) is 11.1 Å². The van der Waals surface area contributed by atoms with Gasteiger partial charge in [-0.15, -0.1) is 0 Å². The Morgan fingerprint density at radius 3 is 2.24 bits per heavy atom. The van der Waals surface area contributed by atoms with Crippen LogP contribution in [0.25, 0.3) is 16.7 Å². The van der Waals surface area contributed by atoms with E-state index in [-0.39, 0.29) is 17.4 Å². The number of amides is 2. The molecule has 0 fully saturated rings. The zero-order chi connectivity index (χ0) is 23.7. The number of nitrogens with zero attached hydrogens (tertiary/aromatic N) is 3. The maximum absolute atomic E-state index is 13.1. The first-order valence-corrected chi connectivity index (χ1v) is 10.7. The summed E-state index contributed by atoms with van der Waals surface area (Å²) >= 11 is 0. The lowest BCUT2D eigenvalue weighted by Crippen LogP contribution is -2.24. The molecule has 5 rings (SSSR count). The number of hydrogen-bond donors (Lipinski definition) is 2. The van der Waals surface area contributed by atoms with Crippen LogP contribution in [0.3, 0.4) is 0 Å². The number of rotatable bonds is 5. The highest BCUT2D eigenvalue weighted by Gasteiger charge is 2.12. The third-order valence-corrected chi connectivity index (χ3v) is 5.51. The van der Waals surface area contributed by atoms with E-state index < -0.39 is 0 Å². The number of carbonyl (C=O) groups excluding carboxylic acids is 2. The highest BCUT2D eigenvalue weighted by Crippen LogP contribution is 2.17. The molecule has 0 radical (unpaired) electrons. The van der Waals surface area contributed by atoms with Crippen LogP contribution < -0.4 is 16.2 Å². The van der Waals surface area contributed by atoms with Crippen LogP contribution in [0.1, 0.15) is 22.8 Å². The molecule has 0 aliphatic heterocycles. The van der Waals surface area contributed by atoms with Crippen molar-refractivity contribution in [2.75, 3.05) is 10.6 Å². The van der Waals surface area contributed by atoms with Crippen LogP contribution in [-0.4, -0.2) is 25.8 Å². The number of pyridine rings is 1. The summed E-state index contributed by atoms with van der Waals surface area (Å²) in [4.78, 5) is 41.3. The van der Waals surface area contributed by atoms with Gasteiger partial charge in [0.2, 0.25) is 5.91 Å². The van der Waals surface area contributed by atoms with Gasteiger partial charge in [-0.05, 0) is 66.2 Å². The number of fused-ring (bicyclic) bond motifs is 3. The molecule has 2 amide bonds. The Balaban J connectivity index is 1.36. The predicted molar refractivity (Wildman–Crippen MR) is 131 cm³/mol. The van der Waals surface area contributed by atoms with Crippen molar-refractivity contribution < 1.29 is 9.59 Å². The monoisotopic (exact) mass is 451 g/mol. The normalized spacial score (nSPS) is 11.0. The number of nitrogens with one attached hydrogen (secondary N) is 2. The Morgan fingerprint density at radius 1 is 0.853 bits per heavy atom. The van der Waals surface area contributed by atoms with Gasteiger partial charge in [-0.3, -0.25) is 19.0 Å². The summed E-state index contributed by atoms with van der Waals surface area (Å²) in [6, 6.07) is 21.4. The van der Waals surface area contributed by atoms with Crippen molar-refractivity contribution in [1.82, 2.24) is 14.0 Å². The number of aromatic nitrogens is 3. The van der Waals surface area contributed by atoms with E-state index in [1.165, 1.54) is 6.92 Å². The van der Waals surface area contributed by atoms with Crippen molar-refractivity contribution in [2.45, 2.75) is 13.5 Å². The molecule has 0 aliphatic rings. The van der Waals surface area contributed by atoms with E-state index in [1.54, 1.807) is 53.2 Å². The Hall–Kier alpha value is -4.72. The summed E-state index contributed by atoms with van der Waals surface area (Å²) in [7, 11) is 0. The molecule has 0 atom stereocenters. The molecule has 8 nitrogen and oxygen atoms in total. The van der Waals surface area contributed by atoms with Crippen molar-refractivity contribution >= 4 is 39.9 Å². The third-order valence-electron chi connectivity index (χ3n) is 5.51. The summed E-state index contributed by atoms with van der Waals surface area (Å²) < 4.78 is 3.49. The fraction of sp³-hybridized carbons (Fsp3) is 0.0769. The molecule has 3 aromatic heterocycles. The summed E-state index contributed by atoms with van der Waals surface area (Å²) in [5.74, 6) is -0.408. The average Bonchev–Trinajstić information content (AvgIpc) is 3.34. The van der Waals surface area contributed by atoms with Crippen LogP contribution in [0.15, 0.2) is 90.0 Å². The van der Waals surface area contributed by atoms with Gasteiger partial charge in [0.1, 0.15) is 5.52 Å². The maximum Gasteiger partial charge on any atom is 0.276 e. The van der Waals surface area contributed by atoms with Gasteiger partial charge in [-0.2, -0.15) is 0 Å². The first kappa shape index (κ1) is 21.1. The zero-order valence-electron chi connectivity index (χ0n) is 18.4. The third kappa shape index (κ3) is 4.04. The van der Waals surface area contributed by atoms with Gasteiger partial charge >= 0.3 is 0 Å². The van der Waals surface area contributed by atoms with E-state index in [2.05, 4.69) is 15.6 Å². The van der Waals surface area contributed by atoms with E-state index in [0.29, 0.717) is 34.6 Å². The first-order valence-electron chi connectivity index (χ1n) is 10.7. The number of anilines is 2. The first-order chi connectivity index (χ1) is 16.5. The molecule has 34 heavy (non-hydrogen) atoms. The minimum atomic E-state index is -0.252. The fourth-order valence-corrected chi connectivity index (χ4v) is 3.92. The fourth-order valence-electron chi connectivity index (χ4n) is 3.92. The SMILES string of the molecule is CC(=O)Nc1ccc(NC(=O)c2ccc(Cn3c(=O)c4cccn4c4cccnc43)cc2)cc1. The van der Waals surface area contributed by atoms with Gasteiger partial charge in [-0.25, -0.2) is 4.98 Å². The minimum absolute atomic E-state index is 0.124. The van der Waals surface area contributed by atoms with Crippen molar-refractivity contribution in [3.05, 3.63) is 107 Å². The van der Waals surface area contributed by atoms with Crippen LogP contribution in [0.2, 0.25) is 0 Å².